The monoisotopic (exact) mass is 456 g/mol. The number of carbonyl (C=O) groups is 1. The number of rotatable bonds is 3. The molecular formula is C18H18BrClN2O3S. The lowest BCUT2D eigenvalue weighted by molar-refractivity contribution is -0.116. The molecule has 1 aliphatic heterocycles. The first-order valence-corrected chi connectivity index (χ1v) is 10.7. The summed E-state index contributed by atoms with van der Waals surface area (Å²) in [5.41, 5.74) is 2.49. The zero-order chi connectivity index (χ0) is 19.2. The molecule has 3 rings (SSSR count). The summed E-state index contributed by atoms with van der Waals surface area (Å²) in [4.78, 5) is 13.7. The van der Waals surface area contributed by atoms with Crippen molar-refractivity contribution in [3.05, 3.63) is 51.0 Å². The van der Waals surface area contributed by atoms with Gasteiger partial charge < -0.3 is 4.90 Å². The summed E-state index contributed by atoms with van der Waals surface area (Å²) in [6.07, 6.45) is 0.604. The van der Waals surface area contributed by atoms with E-state index in [0.717, 1.165) is 11.1 Å². The molecule has 1 N–H and O–H groups in total. The van der Waals surface area contributed by atoms with E-state index in [1.54, 1.807) is 23.1 Å². The maximum Gasteiger partial charge on any atom is 0.264 e. The van der Waals surface area contributed by atoms with Crippen LogP contribution in [0.4, 0.5) is 11.4 Å². The van der Waals surface area contributed by atoms with Gasteiger partial charge in [-0.05, 0) is 55.7 Å². The lowest BCUT2D eigenvalue weighted by Crippen LogP contribution is -2.34. The summed E-state index contributed by atoms with van der Waals surface area (Å²) in [6.45, 7) is 5.18. The van der Waals surface area contributed by atoms with Crippen LogP contribution in [0.25, 0.3) is 0 Å². The minimum absolute atomic E-state index is 0.0677. The Labute approximate surface area is 166 Å². The summed E-state index contributed by atoms with van der Waals surface area (Å²) in [5, 5.41) is 0.476. The maximum absolute atomic E-state index is 13.1. The molecule has 0 unspecified atom stereocenters. The van der Waals surface area contributed by atoms with Gasteiger partial charge in [0.1, 0.15) is 4.90 Å². The molecule has 0 saturated carbocycles. The van der Waals surface area contributed by atoms with Gasteiger partial charge in [-0.1, -0.05) is 33.6 Å². The van der Waals surface area contributed by atoms with E-state index in [9.17, 15) is 13.2 Å². The Morgan fingerprint density at radius 3 is 2.62 bits per heavy atom. The maximum atomic E-state index is 13.1. The molecule has 2 aromatic rings. The molecule has 0 aliphatic carbocycles. The number of anilines is 2. The normalized spacial score (nSPS) is 16.5. The Kier molecular flexibility index (Phi) is 5.07. The molecule has 8 heteroatoms. The van der Waals surface area contributed by atoms with Gasteiger partial charge in [0.15, 0.2) is 0 Å². The average Bonchev–Trinajstić information content (AvgIpc) is 2.85. The molecule has 1 aliphatic rings. The molecule has 0 radical (unpaired) electrons. The van der Waals surface area contributed by atoms with Crippen molar-refractivity contribution in [1.29, 1.82) is 0 Å². The Morgan fingerprint density at radius 1 is 1.31 bits per heavy atom. The van der Waals surface area contributed by atoms with E-state index in [2.05, 4.69) is 20.7 Å². The van der Waals surface area contributed by atoms with Crippen molar-refractivity contribution in [3.8, 4) is 0 Å². The highest BCUT2D eigenvalue weighted by molar-refractivity contribution is 9.10. The van der Waals surface area contributed by atoms with Gasteiger partial charge in [0.05, 0.1) is 11.4 Å². The molecule has 5 nitrogen and oxygen atoms in total. The molecule has 138 valence electrons. The van der Waals surface area contributed by atoms with Gasteiger partial charge in [-0.2, -0.15) is 0 Å². The van der Waals surface area contributed by atoms with Crippen LogP contribution in [0, 0.1) is 6.92 Å². The second-order valence-electron chi connectivity index (χ2n) is 6.42. The highest BCUT2D eigenvalue weighted by Gasteiger charge is 2.35. The van der Waals surface area contributed by atoms with Crippen molar-refractivity contribution in [3.63, 3.8) is 0 Å². The van der Waals surface area contributed by atoms with E-state index in [0.29, 0.717) is 27.3 Å². The standard InChI is InChI=1S/C18H18BrClN2O3S/c1-10-4-5-15(9-16(10)20)21-26(24,25)17-8-14(19)7-13-6-11(2)22(12(3)23)18(13)17/h4-5,7-9,11,21H,6H2,1-3H3/t11-/m0/s1. The van der Waals surface area contributed by atoms with Crippen molar-refractivity contribution in [2.24, 2.45) is 0 Å². The predicted molar refractivity (Wildman–Crippen MR) is 107 cm³/mol. The van der Waals surface area contributed by atoms with Crippen LogP contribution >= 0.6 is 27.5 Å². The lowest BCUT2D eigenvalue weighted by atomic mass is 10.1. The fraction of sp³-hybridized carbons (Fsp3) is 0.278. The van der Waals surface area contributed by atoms with Gasteiger partial charge in [0.25, 0.3) is 10.0 Å². The molecule has 0 fully saturated rings. The van der Waals surface area contributed by atoms with Crippen LogP contribution in [0.5, 0.6) is 0 Å². The molecular weight excluding hydrogens is 440 g/mol. The SMILES string of the molecule is CC(=O)N1c2c(cc(Br)cc2S(=O)(=O)Nc2ccc(C)c(Cl)c2)C[C@@H]1C. The van der Waals surface area contributed by atoms with Crippen molar-refractivity contribution in [2.45, 2.75) is 38.1 Å². The van der Waals surface area contributed by atoms with Gasteiger partial charge in [-0.3, -0.25) is 9.52 Å². The van der Waals surface area contributed by atoms with Gasteiger partial charge in [-0.25, -0.2) is 8.42 Å². The summed E-state index contributed by atoms with van der Waals surface area (Å²) in [5.74, 6) is -0.187. The third-order valence-electron chi connectivity index (χ3n) is 4.37. The highest BCUT2D eigenvalue weighted by Crippen LogP contribution is 2.40. The molecule has 0 saturated heterocycles. The first kappa shape index (κ1) is 19.2. The van der Waals surface area contributed by atoms with Crippen LogP contribution < -0.4 is 9.62 Å². The Hall–Kier alpha value is -1.57. The molecule has 0 bridgehead atoms. The van der Waals surface area contributed by atoms with Crippen LogP contribution in [0.3, 0.4) is 0 Å². The number of sulfonamides is 1. The number of nitrogens with one attached hydrogen (secondary N) is 1. The van der Waals surface area contributed by atoms with Crippen LogP contribution in [0.1, 0.15) is 25.0 Å². The number of fused-ring (bicyclic) bond motifs is 1. The predicted octanol–water partition coefficient (Wildman–Crippen LogP) is 4.51. The minimum atomic E-state index is -3.91. The number of halogens is 2. The van der Waals surface area contributed by atoms with Crippen LogP contribution in [0.2, 0.25) is 5.02 Å². The molecule has 1 heterocycles. The van der Waals surface area contributed by atoms with Gasteiger partial charge >= 0.3 is 0 Å². The second-order valence-corrected chi connectivity index (χ2v) is 9.40. The fourth-order valence-electron chi connectivity index (χ4n) is 3.23. The Balaban J connectivity index is 2.11. The van der Waals surface area contributed by atoms with Crippen molar-refractivity contribution in [2.75, 3.05) is 9.62 Å². The van der Waals surface area contributed by atoms with E-state index in [-0.39, 0.29) is 16.8 Å². The van der Waals surface area contributed by atoms with Crippen LogP contribution in [-0.4, -0.2) is 20.4 Å². The zero-order valence-corrected chi connectivity index (χ0v) is 17.7. The summed E-state index contributed by atoms with van der Waals surface area (Å²) in [7, 11) is -3.91. The summed E-state index contributed by atoms with van der Waals surface area (Å²) < 4.78 is 29.4. The van der Waals surface area contributed by atoms with E-state index in [1.165, 1.54) is 13.0 Å². The quantitative estimate of drug-likeness (QED) is 0.737. The summed E-state index contributed by atoms with van der Waals surface area (Å²) >= 11 is 9.47. The molecule has 0 aromatic heterocycles. The lowest BCUT2D eigenvalue weighted by Gasteiger charge is -2.23. The highest BCUT2D eigenvalue weighted by atomic mass is 79.9. The Bertz CT molecular complexity index is 1010. The van der Waals surface area contributed by atoms with Gasteiger partial charge in [-0.15, -0.1) is 0 Å². The third-order valence-corrected chi connectivity index (χ3v) is 6.63. The number of nitrogens with zero attached hydrogens (tertiary/aromatic N) is 1. The fourth-order valence-corrected chi connectivity index (χ4v) is 5.38. The molecule has 26 heavy (non-hydrogen) atoms. The Morgan fingerprint density at radius 2 is 2.00 bits per heavy atom. The largest absolute Gasteiger partial charge is 0.308 e. The van der Waals surface area contributed by atoms with Crippen molar-refractivity contribution < 1.29 is 13.2 Å². The summed E-state index contributed by atoms with van der Waals surface area (Å²) in [6, 6.07) is 8.25. The number of amides is 1. The molecule has 1 amide bonds. The average molecular weight is 458 g/mol. The molecule has 1 atom stereocenters. The minimum Gasteiger partial charge on any atom is -0.308 e. The number of hydrogen-bond acceptors (Lipinski definition) is 3. The van der Waals surface area contributed by atoms with E-state index < -0.39 is 10.0 Å². The number of carbonyl (C=O) groups excluding carboxylic acids is 1. The third kappa shape index (κ3) is 3.48. The first-order chi connectivity index (χ1) is 12.1. The second kappa shape index (κ2) is 6.87. The van der Waals surface area contributed by atoms with Gasteiger partial charge in [0.2, 0.25) is 5.91 Å². The van der Waals surface area contributed by atoms with Crippen molar-refractivity contribution >= 4 is 54.8 Å². The van der Waals surface area contributed by atoms with Crippen molar-refractivity contribution in [1.82, 2.24) is 0 Å². The zero-order valence-electron chi connectivity index (χ0n) is 14.5. The topological polar surface area (TPSA) is 66.5 Å². The van der Waals surface area contributed by atoms with E-state index >= 15 is 0 Å². The first-order valence-electron chi connectivity index (χ1n) is 8.01. The van der Waals surface area contributed by atoms with Crippen LogP contribution in [-0.2, 0) is 21.2 Å². The van der Waals surface area contributed by atoms with Gasteiger partial charge in [0, 0.05) is 22.5 Å². The number of aryl methyl sites for hydroxylation is 1. The molecule has 2 aromatic carbocycles. The smallest absolute Gasteiger partial charge is 0.264 e. The van der Waals surface area contributed by atoms with E-state index in [4.69, 9.17) is 11.6 Å². The van der Waals surface area contributed by atoms with E-state index in [1.807, 2.05) is 19.9 Å². The molecule has 0 spiro atoms. The van der Waals surface area contributed by atoms with Crippen LogP contribution in [0.15, 0.2) is 39.7 Å². The number of benzene rings is 2. The number of hydrogen-bond donors (Lipinski definition) is 1.